The quantitative estimate of drug-likeness (QED) is 0.440. The molecule has 0 spiro atoms. The largest absolute Gasteiger partial charge is 0.490 e. The number of hydrogen-bond acceptors (Lipinski definition) is 7. The number of fused-ring (bicyclic) bond motifs is 1. The summed E-state index contributed by atoms with van der Waals surface area (Å²) in [4.78, 5) is 24.6. The maximum atomic E-state index is 5.95. The van der Waals surface area contributed by atoms with Crippen LogP contribution >= 0.6 is 0 Å². The van der Waals surface area contributed by atoms with Gasteiger partial charge in [-0.3, -0.25) is 4.98 Å². The molecule has 6 rings (SSSR count). The summed E-state index contributed by atoms with van der Waals surface area (Å²) < 4.78 is 5.95. The second-order valence-electron chi connectivity index (χ2n) is 8.26. The van der Waals surface area contributed by atoms with E-state index >= 15 is 0 Å². The van der Waals surface area contributed by atoms with Crippen LogP contribution in [0, 0.1) is 0 Å². The van der Waals surface area contributed by atoms with E-state index in [1.165, 1.54) is 11.1 Å². The van der Waals surface area contributed by atoms with Gasteiger partial charge in [0.1, 0.15) is 11.4 Å². The molecular weight excluding hydrogens is 412 g/mol. The first-order valence-electron chi connectivity index (χ1n) is 11.1. The fourth-order valence-corrected chi connectivity index (χ4v) is 3.83. The van der Waals surface area contributed by atoms with Gasteiger partial charge in [0.25, 0.3) is 0 Å². The molecule has 1 aliphatic heterocycles. The van der Waals surface area contributed by atoms with Gasteiger partial charge in [-0.25, -0.2) is 19.9 Å². The molecule has 7 nitrogen and oxygen atoms in total. The molecule has 0 radical (unpaired) electrons. The second-order valence-corrected chi connectivity index (χ2v) is 8.26. The van der Waals surface area contributed by atoms with E-state index in [4.69, 9.17) is 9.72 Å². The molecule has 1 aliphatic carbocycles. The average Bonchev–Trinajstić information content (AvgIpc) is 3.58. The Kier molecular flexibility index (Phi) is 4.99. The number of rotatable bonds is 6. The topological polar surface area (TPSA) is 76.9 Å². The van der Waals surface area contributed by atoms with Crippen molar-refractivity contribution >= 4 is 18.1 Å². The maximum absolute atomic E-state index is 5.95. The SMILES string of the molecule is C(=C\c1ccnc(-c2ccnc(N3Cc4ccc(OC5CC5)cc4C3)n2)n1)/c1ccncc1. The van der Waals surface area contributed by atoms with E-state index in [0.717, 1.165) is 42.9 Å². The van der Waals surface area contributed by atoms with Crippen molar-refractivity contribution < 1.29 is 4.74 Å². The molecule has 162 valence electrons. The third kappa shape index (κ3) is 4.43. The van der Waals surface area contributed by atoms with E-state index in [1.54, 1.807) is 24.8 Å². The number of anilines is 1. The Morgan fingerprint density at radius 3 is 2.55 bits per heavy atom. The molecule has 0 bridgehead atoms. The van der Waals surface area contributed by atoms with E-state index in [0.29, 0.717) is 23.6 Å². The molecule has 0 saturated heterocycles. The molecule has 4 heterocycles. The van der Waals surface area contributed by atoms with Gasteiger partial charge >= 0.3 is 0 Å². The highest BCUT2D eigenvalue weighted by molar-refractivity contribution is 5.68. The molecule has 1 fully saturated rings. The lowest BCUT2D eigenvalue weighted by molar-refractivity contribution is 0.303. The zero-order chi connectivity index (χ0) is 22.0. The van der Waals surface area contributed by atoms with Crippen molar-refractivity contribution in [2.45, 2.75) is 32.0 Å². The maximum Gasteiger partial charge on any atom is 0.226 e. The number of ether oxygens (including phenoxy) is 1. The summed E-state index contributed by atoms with van der Waals surface area (Å²) in [5, 5.41) is 0. The van der Waals surface area contributed by atoms with Crippen LogP contribution in [-0.4, -0.2) is 31.0 Å². The van der Waals surface area contributed by atoms with Crippen LogP contribution in [0.25, 0.3) is 23.7 Å². The second kappa shape index (κ2) is 8.43. The number of aromatic nitrogens is 5. The van der Waals surface area contributed by atoms with Crippen molar-refractivity contribution in [1.82, 2.24) is 24.9 Å². The molecule has 2 aliphatic rings. The summed E-state index contributed by atoms with van der Waals surface area (Å²) in [5.41, 5.74) is 5.13. The highest BCUT2D eigenvalue weighted by Crippen LogP contribution is 2.32. The lowest BCUT2D eigenvalue weighted by Gasteiger charge is -2.15. The Balaban J connectivity index is 1.21. The van der Waals surface area contributed by atoms with Gasteiger partial charge < -0.3 is 9.64 Å². The fraction of sp³-hybridized carbons (Fsp3) is 0.192. The van der Waals surface area contributed by atoms with Crippen molar-refractivity contribution in [2.75, 3.05) is 4.90 Å². The Morgan fingerprint density at radius 1 is 0.818 bits per heavy atom. The molecule has 4 aromatic rings. The highest BCUT2D eigenvalue weighted by atomic mass is 16.5. The summed E-state index contributed by atoms with van der Waals surface area (Å²) >= 11 is 0. The molecule has 33 heavy (non-hydrogen) atoms. The van der Waals surface area contributed by atoms with Gasteiger partial charge in [-0.1, -0.05) is 12.1 Å². The van der Waals surface area contributed by atoms with Crippen LogP contribution in [0.4, 0.5) is 5.95 Å². The number of hydrogen-bond donors (Lipinski definition) is 0. The third-order valence-corrected chi connectivity index (χ3v) is 5.71. The minimum absolute atomic E-state index is 0.399. The van der Waals surface area contributed by atoms with E-state index in [1.807, 2.05) is 36.4 Å². The Labute approximate surface area is 191 Å². The number of nitrogens with zero attached hydrogens (tertiary/aromatic N) is 6. The van der Waals surface area contributed by atoms with E-state index < -0.39 is 0 Å². The molecule has 7 heteroatoms. The van der Waals surface area contributed by atoms with Crippen LogP contribution in [0.5, 0.6) is 5.75 Å². The highest BCUT2D eigenvalue weighted by Gasteiger charge is 2.26. The van der Waals surface area contributed by atoms with Crippen molar-refractivity contribution in [3.8, 4) is 17.3 Å². The minimum atomic E-state index is 0.399. The molecule has 1 aromatic carbocycles. The molecule has 0 atom stereocenters. The Hall–Kier alpha value is -4.13. The first-order valence-corrected chi connectivity index (χ1v) is 11.1. The molecule has 1 saturated carbocycles. The van der Waals surface area contributed by atoms with Crippen LogP contribution in [0.3, 0.4) is 0 Å². The van der Waals surface area contributed by atoms with Crippen LogP contribution in [0.2, 0.25) is 0 Å². The summed E-state index contributed by atoms with van der Waals surface area (Å²) in [7, 11) is 0. The van der Waals surface area contributed by atoms with Gasteiger partial charge in [-0.15, -0.1) is 0 Å². The first-order chi connectivity index (χ1) is 16.3. The number of benzene rings is 1. The lowest BCUT2D eigenvalue weighted by Crippen LogP contribution is -2.17. The summed E-state index contributed by atoms with van der Waals surface area (Å²) in [6, 6.07) is 14.0. The van der Waals surface area contributed by atoms with Crippen LogP contribution in [-0.2, 0) is 13.1 Å². The summed E-state index contributed by atoms with van der Waals surface area (Å²) in [5.74, 6) is 2.21. The van der Waals surface area contributed by atoms with Crippen LogP contribution in [0.15, 0.2) is 67.3 Å². The first kappa shape index (κ1) is 19.5. The molecule has 0 N–H and O–H groups in total. The van der Waals surface area contributed by atoms with Crippen molar-refractivity contribution in [1.29, 1.82) is 0 Å². The standard InChI is InChI=1S/C26H22N6O/c1(18-7-11-27-12-8-18)3-21-9-13-28-25(30-21)24-10-14-29-26(31-24)32-16-19-2-4-23(15-20(19)17-32)33-22-5-6-22/h1-4,7-15,22H,5-6,16-17H2/b3-1+. The van der Waals surface area contributed by atoms with Gasteiger partial charge in [0.2, 0.25) is 5.95 Å². The molecule has 0 unspecified atom stereocenters. The smallest absolute Gasteiger partial charge is 0.226 e. The van der Waals surface area contributed by atoms with E-state index in [-0.39, 0.29) is 0 Å². The fourth-order valence-electron chi connectivity index (χ4n) is 3.83. The zero-order valence-electron chi connectivity index (χ0n) is 18.0. The monoisotopic (exact) mass is 434 g/mol. The number of pyridine rings is 1. The predicted octanol–water partition coefficient (Wildman–Crippen LogP) is 4.56. The lowest BCUT2D eigenvalue weighted by atomic mass is 10.1. The predicted molar refractivity (Wildman–Crippen MR) is 126 cm³/mol. The van der Waals surface area contributed by atoms with E-state index in [2.05, 4.69) is 43.0 Å². The molecule has 0 amide bonds. The zero-order valence-corrected chi connectivity index (χ0v) is 18.0. The van der Waals surface area contributed by atoms with Crippen LogP contribution < -0.4 is 9.64 Å². The minimum Gasteiger partial charge on any atom is -0.490 e. The van der Waals surface area contributed by atoms with Gasteiger partial charge in [0, 0.05) is 37.9 Å². The van der Waals surface area contributed by atoms with E-state index in [9.17, 15) is 0 Å². The van der Waals surface area contributed by atoms with Crippen molar-refractivity contribution in [2.24, 2.45) is 0 Å². The van der Waals surface area contributed by atoms with Gasteiger partial charge in [-0.2, -0.15) is 0 Å². The molecular formula is C26H22N6O. The van der Waals surface area contributed by atoms with Crippen molar-refractivity contribution in [3.05, 3.63) is 89.6 Å². The Morgan fingerprint density at radius 2 is 1.67 bits per heavy atom. The van der Waals surface area contributed by atoms with Crippen molar-refractivity contribution in [3.63, 3.8) is 0 Å². The summed E-state index contributed by atoms with van der Waals surface area (Å²) in [6.45, 7) is 1.54. The third-order valence-electron chi connectivity index (χ3n) is 5.71. The summed E-state index contributed by atoms with van der Waals surface area (Å²) in [6.07, 6.45) is 13.7. The van der Waals surface area contributed by atoms with Gasteiger partial charge in [0.15, 0.2) is 5.82 Å². The van der Waals surface area contributed by atoms with Gasteiger partial charge in [0.05, 0.1) is 11.8 Å². The average molecular weight is 435 g/mol. The Bertz CT molecular complexity index is 1320. The normalized spacial score (nSPS) is 15.1. The van der Waals surface area contributed by atoms with Crippen LogP contribution in [0.1, 0.15) is 35.2 Å². The molecule has 3 aromatic heterocycles. The van der Waals surface area contributed by atoms with Gasteiger partial charge in [-0.05, 0) is 72.0 Å².